The highest BCUT2D eigenvalue weighted by Crippen LogP contribution is 2.46. The Morgan fingerprint density at radius 3 is 2.18 bits per heavy atom. The van der Waals surface area contributed by atoms with Gasteiger partial charge >= 0.3 is 0 Å². The molecule has 0 N–H and O–H groups in total. The highest BCUT2D eigenvalue weighted by atomic mass is 35.5. The second kappa shape index (κ2) is 11.2. The Kier molecular flexibility index (Phi) is 7.70. The first-order chi connectivity index (χ1) is 18.5. The van der Waals surface area contributed by atoms with Gasteiger partial charge in [0.2, 0.25) is 5.91 Å². The lowest BCUT2D eigenvalue weighted by atomic mass is 9.76. The van der Waals surface area contributed by atoms with Gasteiger partial charge in [-0.15, -0.1) is 0 Å². The molecule has 38 heavy (non-hydrogen) atoms. The zero-order valence-electron chi connectivity index (χ0n) is 22.2. The normalized spacial score (nSPS) is 18.0. The van der Waals surface area contributed by atoms with E-state index >= 15 is 0 Å². The Balaban J connectivity index is 1.55. The van der Waals surface area contributed by atoms with E-state index in [9.17, 15) is 4.79 Å². The van der Waals surface area contributed by atoms with Crippen molar-refractivity contribution in [3.05, 3.63) is 82.4 Å². The van der Waals surface area contributed by atoms with Gasteiger partial charge in [0.25, 0.3) is 0 Å². The van der Waals surface area contributed by atoms with E-state index in [1.54, 1.807) is 21.3 Å². The molecule has 6 nitrogen and oxygen atoms in total. The van der Waals surface area contributed by atoms with Crippen LogP contribution in [-0.4, -0.2) is 45.3 Å². The second-order valence-electron chi connectivity index (χ2n) is 9.93. The number of nitrogens with zero attached hydrogens (tertiary/aromatic N) is 1. The van der Waals surface area contributed by atoms with Gasteiger partial charge in [0.05, 0.1) is 32.8 Å². The first-order valence-corrected chi connectivity index (χ1v) is 13.5. The summed E-state index contributed by atoms with van der Waals surface area (Å²) in [6, 6.07) is 19.1. The molecule has 2 aliphatic rings. The van der Waals surface area contributed by atoms with Gasteiger partial charge in [-0.1, -0.05) is 48.7 Å². The summed E-state index contributed by atoms with van der Waals surface area (Å²) >= 11 is 6.20. The summed E-state index contributed by atoms with van der Waals surface area (Å²) in [4.78, 5) is 16.6. The van der Waals surface area contributed by atoms with Crippen LogP contribution < -0.4 is 18.9 Å². The molecule has 1 amide bonds. The molecule has 1 saturated carbocycles. The first kappa shape index (κ1) is 26.2. The van der Waals surface area contributed by atoms with Crippen LogP contribution in [0.3, 0.4) is 0 Å². The van der Waals surface area contributed by atoms with E-state index in [-0.39, 0.29) is 18.6 Å². The van der Waals surface area contributed by atoms with Crippen LogP contribution in [0.15, 0.2) is 60.7 Å². The third kappa shape index (κ3) is 4.78. The van der Waals surface area contributed by atoms with Crippen molar-refractivity contribution in [2.45, 2.75) is 43.6 Å². The van der Waals surface area contributed by atoms with Crippen LogP contribution in [-0.2, 0) is 16.6 Å². The van der Waals surface area contributed by atoms with Gasteiger partial charge in [0.15, 0.2) is 23.0 Å². The maximum absolute atomic E-state index is 14.6. The number of halogens is 1. The number of carbonyl (C=O) groups is 1. The average molecular weight is 536 g/mol. The molecular weight excluding hydrogens is 502 g/mol. The number of fused-ring (bicyclic) bond motifs is 1. The fourth-order valence-electron chi connectivity index (χ4n) is 6.01. The topological polar surface area (TPSA) is 57.2 Å². The maximum Gasteiger partial charge on any atom is 0.233 e. The van der Waals surface area contributed by atoms with E-state index in [0.717, 1.165) is 48.8 Å². The lowest BCUT2D eigenvalue weighted by Crippen LogP contribution is -2.50. The summed E-state index contributed by atoms with van der Waals surface area (Å²) in [7, 11) is 4.90. The molecule has 7 heteroatoms. The smallest absolute Gasteiger partial charge is 0.233 e. The van der Waals surface area contributed by atoms with Crippen molar-refractivity contribution in [2.75, 3.05) is 34.5 Å². The highest BCUT2D eigenvalue weighted by molar-refractivity contribution is 6.30. The summed E-state index contributed by atoms with van der Waals surface area (Å²) in [5.41, 5.74) is 2.61. The molecule has 5 rings (SSSR count). The molecule has 1 aliphatic heterocycles. The monoisotopic (exact) mass is 535 g/mol. The predicted molar refractivity (Wildman–Crippen MR) is 148 cm³/mol. The van der Waals surface area contributed by atoms with Crippen molar-refractivity contribution >= 4 is 17.5 Å². The lowest BCUT2D eigenvalue weighted by Gasteiger charge is -2.42. The zero-order valence-corrected chi connectivity index (χ0v) is 22.9. The minimum absolute atomic E-state index is 0.145. The summed E-state index contributed by atoms with van der Waals surface area (Å²) < 4.78 is 23.1. The van der Waals surface area contributed by atoms with E-state index < -0.39 is 5.41 Å². The summed E-state index contributed by atoms with van der Waals surface area (Å²) in [5.74, 6) is 2.76. The Labute approximate surface area is 229 Å². The van der Waals surface area contributed by atoms with E-state index in [1.165, 1.54) is 0 Å². The molecule has 1 fully saturated rings. The number of hydrogen-bond donors (Lipinski definition) is 0. The fraction of sp³-hybridized carbons (Fsp3) is 0.387. The summed E-state index contributed by atoms with van der Waals surface area (Å²) in [5, 5.41) is 0.672. The minimum Gasteiger partial charge on any atom is -0.493 e. The van der Waals surface area contributed by atoms with Crippen molar-refractivity contribution in [1.29, 1.82) is 0 Å². The molecular formula is C31H34ClNO5. The number of carbonyl (C=O) groups excluding carboxylic acids is 1. The molecule has 1 heterocycles. The van der Waals surface area contributed by atoms with Crippen LogP contribution >= 0.6 is 11.6 Å². The van der Waals surface area contributed by atoms with Crippen molar-refractivity contribution in [1.82, 2.24) is 4.90 Å². The molecule has 0 bridgehead atoms. The molecule has 0 spiro atoms. The van der Waals surface area contributed by atoms with E-state index in [1.807, 2.05) is 65.6 Å². The zero-order chi connectivity index (χ0) is 26.7. The molecule has 0 saturated heterocycles. The summed E-state index contributed by atoms with van der Waals surface area (Å²) in [6.45, 7) is 0.877. The molecule has 1 unspecified atom stereocenters. The van der Waals surface area contributed by atoms with Gasteiger partial charge in [0, 0.05) is 11.6 Å². The van der Waals surface area contributed by atoms with Crippen LogP contribution in [0.2, 0.25) is 5.02 Å². The number of rotatable bonds is 8. The Morgan fingerprint density at radius 1 is 0.895 bits per heavy atom. The standard InChI is InChI=1S/C31H34ClNO5/c1-35-26-8-4-5-9-27(26)38-20-25-24-19-29(37-3)28(36-2)18-21(24)14-17-33(25)30(34)31(15-6-7-16-31)22-10-12-23(32)13-11-22/h4-5,8-13,18-19,25H,6-7,14-17,20H2,1-3H3. The van der Waals surface area contributed by atoms with Gasteiger partial charge in [0.1, 0.15) is 6.61 Å². The van der Waals surface area contributed by atoms with Crippen LogP contribution in [0.1, 0.15) is 48.4 Å². The third-order valence-electron chi connectivity index (χ3n) is 7.99. The summed E-state index contributed by atoms with van der Waals surface area (Å²) in [6.07, 6.45) is 4.41. The first-order valence-electron chi connectivity index (χ1n) is 13.1. The van der Waals surface area contributed by atoms with E-state index in [4.69, 9.17) is 30.5 Å². The SMILES string of the molecule is COc1cc2c(cc1OC)C(COc1ccccc1OC)N(C(=O)C1(c3ccc(Cl)cc3)CCCC1)CC2. The number of para-hydroxylation sites is 2. The van der Waals surface area contributed by atoms with E-state index in [0.29, 0.717) is 34.6 Å². The van der Waals surface area contributed by atoms with Crippen molar-refractivity contribution in [3.8, 4) is 23.0 Å². The minimum atomic E-state index is -0.568. The van der Waals surface area contributed by atoms with Crippen LogP contribution in [0.5, 0.6) is 23.0 Å². The van der Waals surface area contributed by atoms with E-state index in [2.05, 4.69) is 0 Å². The van der Waals surface area contributed by atoms with Crippen molar-refractivity contribution in [3.63, 3.8) is 0 Å². The van der Waals surface area contributed by atoms with Gasteiger partial charge in [-0.3, -0.25) is 4.79 Å². The Bertz CT molecular complexity index is 1290. The Morgan fingerprint density at radius 2 is 1.53 bits per heavy atom. The van der Waals surface area contributed by atoms with Gasteiger partial charge in [-0.05, 0) is 72.4 Å². The predicted octanol–water partition coefficient (Wildman–Crippen LogP) is 6.38. The van der Waals surface area contributed by atoms with Gasteiger partial charge in [-0.25, -0.2) is 0 Å². The number of ether oxygens (including phenoxy) is 4. The molecule has 3 aromatic rings. The van der Waals surface area contributed by atoms with Gasteiger partial charge < -0.3 is 23.8 Å². The third-order valence-corrected chi connectivity index (χ3v) is 8.24. The fourth-order valence-corrected chi connectivity index (χ4v) is 6.13. The second-order valence-corrected chi connectivity index (χ2v) is 10.4. The highest BCUT2D eigenvalue weighted by Gasteiger charge is 2.47. The molecule has 1 atom stereocenters. The largest absolute Gasteiger partial charge is 0.493 e. The van der Waals surface area contributed by atoms with Crippen molar-refractivity contribution in [2.24, 2.45) is 0 Å². The molecule has 3 aromatic carbocycles. The number of methoxy groups -OCH3 is 3. The average Bonchev–Trinajstić information content (AvgIpc) is 3.46. The molecule has 200 valence electrons. The number of benzene rings is 3. The lowest BCUT2D eigenvalue weighted by molar-refractivity contribution is -0.141. The maximum atomic E-state index is 14.6. The van der Waals surface area contributed by atoms with Crippen LogP contribution in [0, 0.1) is 0 Å². The van der Waals surface area contributed by atoms with Crippen LogP contribution in [0.25, 0.3) is 0 Å². The Hall–Kier alpha value is -3.38. The number of amides is 1. The molecule has 0 radical (unpaired) electrons. The quantitative estimate of drug-likeness (QED) is 0.335. The molecule has 1 aliphatic carbocycles. The van der Waals surface area contributed by atoms with Gasteiger partial charge in [-0.2, -0.15) is 0 Å². The van der Waals surface area contributed by atoms with Crippen molar-refractivity contribution < 1.29 is 23.7 Å². The molecule has 0 aromatic heterocycles. The number of hydrogen-bond acceptors (Lipinski definition) is 5. The van der Waals surface area contributed by atoms with Crippen LogP contribution in [0.4, 0.5) is 0 Å².